The lowest BCUT2D eigenvalue weighted by molar-refractivity contribution is -0.150. The fraction of sp³-hybridized carbons (Fsp3) is 0.455. The first-order valence-electron chi connectivity index (χ1n) is 11.0. The van der Waals surface area contributed by atoms with Gasteiger partial charge in [0.2, 0.25) is 0 Å². The summed E-state index contributed by atoms with van der Waals surface area (Å²) in [5, 5.41) is 2.79. The Labute approximate surface area is 203 Å². The van der Waals surface area contributed by atoms with Gasteiger partial charge in [-0.2, -0.15) is 0 Å². The van der Waals surface area contributed by atoms with Crippen molar-refractivity contribution in [1.29, 1.82) is 0 Å². The van der Waals surface area contributed by atoms with Gasteiger partial charge in [-0.3, -0.25) is 9.36 Å². The lowest BCUT2D eigenvalue weighted by Gasteiger charge is -2.26. The van der Waals surface area contributed by atoms with Crippen LogP contribution in [0.5, 0.6) is 5.75 Å². The van der Waals surface area contributed by atoms with Crippen LogP contribution < -0.4 is 15.3 Å². The highest BCUT2D eigenvalue weighted by molar-refractivity contribution is 7.57. The summed E-state index contributed by atoms with van der Waals surface area (Å²) in [5.41, 5.74) is 6.90. The van der Waals surface area contributed by atoms with Gasteiger partial charge >= 0.3 is 13.5 Å². The third kappa shape index (κ3) is 7.46. The van der Waals surface area contributed by atoms with Gasteiger partial charge in [0.25, 0.3) is 0 Å². The minimum absolute atomic E-state index is 0.0641. The number of para-hydroxylation sites is 1. The maximum atomic E-state index is 13.8. The van der Waals surface area contributed by atoms with Crippen LogP contribution in [0.1, 0.15) is 20.8 Å². The number of nitrogens with zero attached hydrogens (tertiary/aromatic N) is 4. The number of aromatic nitrogens is 4. The number of methoxy groups -OCH3 is 1. The molecule has 35 heavy (non-hydrogen) atoms. The van der Waals surface area contributed by atoms with Crippen molar-refractivity contribution in [3.05, 3.63) is 43.0 Å². The minimum atomic E-state index is -3.75. The number of fused-ring (bicyclic) bond motifs is 1. The molecule has 0 bridgehead atoms. The van der Waals surface area contributed by atoms with Crippen molar-refractivity contribution in [3.63, 3.8) is 0 Å². The molecule has 0 spiro atoms. The van der Waals surface area contributed by atoms with Crippen LogP contribution in [0, 0.1) is 0 Å². The molecule has 0 fully saturated rings. The zero-order valence-corrected chi connectivity index (χ0v) is 21.1. The van der Waals surface area contributed by atoms with Crippen molar-refractivity contribution < 1.29 is 28.1 Å². The van der Waals surface area contributed by atoms with Crippen LogP contribution >= 0.6 is 7.52 Å². The highest BCUT2D eigenvalue weighted by Crippen LogP contribution is 2.44. The van der Waals surface area contributed by atoms with E-state index in [0.29, 0.717) is 23.5 Å². The predicted molar refractivity (Wildman–Crippen MR) is 130 cm³/mol. The lowest BCUT2D eigenvalue weighted by atomic mass is 10.3. The number of nitrogen functional groups attached to an aromatic ring is 1. The van der Waals surface area contributed by atoms with Gasteiger partial charge in [0.15, 0.2) is 11.5 Å². The van der Waals surface area contributed by atoms with E-state index in [4.69, 9.17) is 24.5 Å². The minimum Gasteiger partial charge on any atom is -0.462 e. The molecule has 3 aromatic rings. The zero-order valence-electron chi connectivity index (χ0n) is 20.2. The summed E-state index contributed by atoms with van der Waals surface area (Å²) >= 11 is 0. The number of esters is 1. The third-order valence-electron chi connectivity index (χ3n) is 4.73. The molecular formula is C22H31N6O6P. The maximum absolute atomic E-state index is 13.8. The summed E-state index contributed by atoms with van der Waals surface area (Å²) in [5.74, 6) is 0.0412. The number of ether oxygens (including phenoxy) is 3. The van der Waals surface area contributed by atoms with E-state index in [-0.39, 0.29) is 24.9 Å². The average Bonchev–Trinajstić information content (AvgIpc) is 3.22. The van der Waals surface area contributed by atoms with E-state index in [1.54, 1.807) is 49.0 Å². The van der Waals surface area contributed by atoms with E-state index in [9.17, 15) is 9.36 Å². The third-order valence-corrected chi connectivity index (χ3v) is 6.43. The van der Waals surface area contributed by atoms with Gasteiger partial charge in [0.05, 0.1) is 31.7 Å². The Morgan fingerprint density at radius 3 is 2.60 bits per heavy atom. The molecule has 1 aromatic carbocycles. The number of carbonyl (C=O) groups is 1. The van der Waals surface area contributed by atoms with Gasteiger partial charge in [-0.15, -0.1) is 0 Å². The number of benzene rings is 1. The van der Waals surface area contributed by atoms with Crippen LogP contribution in [0.15, 0.2) is 43.0 Å². The number of anilines is 1. The van der Waals surface area contributed by atoms with Gasteiger partial charge in [0.1, 0.15) is 30.0 Å². The maximum Gasteiger partial charge on any atom is 0.342 e. The molecule has 3 rings (SSSR count). The van der Waals surface area contributed by atoms with Crippen molar-refractivity contribution in [3.8, 4) is 5.75 Å². The van der Waals surface area contributed by atoms with E-state index in [1.165, 1.54) is 13.4 Å². The molecule has 13 heteroatoms. The summed E-state index contributed by atoms with van der Waals surface area (Å²) in [7, 11) is -2.31. The van der Waals surface area contributed by atoms with Gasteiger partial charge in [-0.05, 0) is 32.9 Å². The Kier molecular flexibility index (Phi) is 9.16. The molecule has 2 heterocycles. The molecular weight excluding hydrogens is 475 g/mol. The molecule has 0 saturated heterocycles. The van der Waals surface area contributed by atoms with Crippen molar-refractivity contribution in [2.75, 3.05) is 25.8 Å². The number of hydrogen-bond acceptors (Lipinski definition) is 10. The normalized spacial score (nSPS) is 15.0. The summed E-state index contributed by atoms with van der Waals surface area (Å²) in [6, 6.07) is 7.62. The number of rotatable bonds is 13. The number of nitrogens with two attached hydrogens (primary N) is 1. The molecule has 2 aromatic heterocycles. The van der Waals surface area contributed by atoms with Crippen LogP contribution in [0.25, 0.3) is 11.2 Å². The SMILES string of the molecule is COCC(NP(=O)(CO[C@H](C)Cn1cnc2c(N)ncnc21)Oc1ccccc1)C(=O)OC(C)C. The first kappa shape index (κ1) is 26.6. The summed E-state index contributed by atoms with van der Waals surface area (Å²) in [4.78, 5) is 25.0. The van der Waals surface area contributed by atoms with Crippen molar-refractivity contribution in [2.24, 2.45) is 0 Å². The van der Waals surface area contributed by atoms with Crippen molar-refractivity contribution in [2.45, 2.75) is 45.6 Å². The van der Waals surface area contributed by atoms with Gasteiger partial charge in [-0.1, -0.05) is 18.2 Å². The van der Waals surface area contributed by atoms with Crippen molar-refractivity contribution >= 4 is 30.5 Å². The van der Waals surface area contributed by atoms with E-state index >= 15 is 0 Å². The quantitative estimate of drug-likeness (QED) is 0.260. The van der Waals surface area contributed by atoms with E-state index in [1.807, 2.05) is 13.0 Å². The molecule has 3 atom stereocenters. The number of nitrogens with one attached hydrogen (secondary N) is 1. The molecule has 0 radical (unpaired) electrons. The van der Waals surface area contributed by atoms with Crippen molar-refractivity contribution in [1.82, 2.24) is 24.6 Å². The Morgan fingerprint density at radius 2 is 1.91 bits per heavy atom. The van der Waals surface area contributed by atoms with Crippen LogP contribution in [-0.2, 0) is 30.1 Å². The predicted octanol–water partition coefficient (Wildman–Crippen LogP) is 2.60. The second-order valence-corrected chi connectivity index (χ2v) is 10.2. The Morgan fingerprint density at radius 1 is 1.17 bits per heavy atom. The molecule has 12 nitrogen and oxygen atoms in total. The van der Waals surface area contributed by atoms with Gasteiger partial charge in [-0.25, -0.2) is 20.0 Å². The molecule has 0 aliphatic heterocycles. The lowest BCUT2D eigenvalue weighted by Crippen LogP contribution is -2.42. The number of imidazole rings is 1. The second-order valence-electron chi connectivity index (χ2n) is 8.13. The van der Waals surface area contributed by atoms with Gasteiger partial charge < -0.3 is 29.0 Å². The van der Waals surface area contributed by atoms with Crippen LogP contribution in [0.4, 0.5) is 5.82 Å². The standard InChI is InChI=1S/C22H31N6O6P/c1-15(2)33-22(29)18(11-31-4)27-35(30,34-17-8-6-5-7-9-17)14-32-16(3)10-28-13-26-19-20(23)24-12-25-21(19)28/h5-9,12-13,15-16,18H,10-11,14H2,1-4H3,(H,27,30)(H2,23,24,25)/t16-,18?,35?/m1/s1. The van der Waals surface area contributed by atoms with Crippen LogP contribution in [-0.4, -0.2) is 63.8 Å². The molecule has 190 valence electrons. The zero-order chi connectivity index (χ0) is 25.4. The highest BCUT2D eigenvalue weighted by atomic mass is 31.2. The molecule has 0 aliphatic rings. The van der Waals surface area contributed by atoms with E-state index in [0.717, 1.165) is 0 Å². The second kappa shape index (κ2) is 12.1. The van der Waals surface area contributed by atoms with Gasteiger partial charge in [0, 0.05) is 7.11 Å². The summed E-state index contributed by atoms with van der Waals surface area (Å²) < 4.78 is 37.7. The fourth-order valence-electron chi connectivity index (χ4n) is 3.21. The first-order valence-corrected chi connectivity index (χ1v) is 12.9. The molecule has 2 unspecified atom stereocenters. The first-order chi connectivity index (χ1) is 16.7. The summed E-state index contributed by atoms with van der Waals surface area (Å²) in [6.45, 7) is 5.55. The molecule has 0 aliphatic carbocycles. The molecule has 3 N–H and O–H groups in total. The number of hydrogen-bond donors (Lipinski definition) is 2. The van der Waals surface area contributed by atoms with E-state index in [2.05, 4.69) is 20.0 Å². The molecule has 0 saturated carbocycles. The highest BCUT2D eigenvalue weighted by Gasteiger charge is 2.34. The number of carbonyl (C=O) groups excluding carboxylic acids is 1. The van der Waals surface area contributed by atoms with Crippen LogP contribution in [0.3, 0.4) is 0 Å². The molecule has 0 amide bonds. The largest absolute Gasteiger partial charge is 0.462 e. The van der Waals surface area contributed by atoms with E-state index < -0.39 is 25.6 Å². The Balaban J connectivity index is 1.74. The topological polar surface area (TPSA) is 153 Å². The Hall–Kier alpha value is -3.05. The summed E-state index contributed by atoms with van der Waals surface area (Å²) in [6.07, 6.45) is 1.87. The fourth-order valence-corrected chi connectivity index (χ4v) is 4.95. The Bertz CT molecular complexity index is 1160. The average molecular weight is 507 g/mol. The van der Waals surface area contributed by atoms with Crippen LogP contribution in [0.2, 0.25) is 0 Å². The smallest absolute Gasteiger partial charge is 0.342 e. The monoisotopic (exact) mass is 506 g/mol.